The van der Waals surface area contributed by atoms with Gasteiger partial charge in [0, 0.05) is 10.6 Å². The molecular weight excluding hydrogens is 241 g/mol. The van der Waals surface area contributed by atoms with Gasteiger partial charge in [-0.3, -0.25) is 4.79 Å². The first-order chi connectivity index (χ1) is 8.10. The van der Waals surface area contributed by atoms with Crippen molar-refractivity contribution in [3.63, 3.8) is 0 Å². The monoisotopic (exact) mass is 255 g/mol. The third kappa shape index (κ3) is 3.12. The summed E-state index contributed by atoms with van der Waals surface area (Å²) < 4.78 is 17.9. The molecule has 1 unspecified atom stereocenters. The van der Waals surface area contributed by atoms with E-state index in [1.165, 1.54) is 31.0 Å². The number of ether oxygens (including phenoxy) is 1. The molecule has 1 aromatic rings. The van der Waals surface area contributed by atoms with E-state index in [1.807, 2.05) is 0 Å². The molecule has 92 valence electrons. The lowest BCUT2D eigenvalue weighted by atomic mass is 10.3. The van der Waals surface area contributed by atoms with E-state index in [-0.39, 0.29) is 17.0 Å². The number of esters is 1. The van der Waals surface area contributed by atoms with E-state index in [2.05, 4.69) is 0 Å². The number of carbonyl (C=O) groups is 1. The molecule has 0 bridgehead atoms. The summed E-state index contributed by atoms with van der Waals surface area (Å²) in [5.41, 5.74) is 5.93. The number of nitrogen functional groups attached to an aromatic ring is 1. The molecule has 0 amide bonds. The Kier molecular flexibility index (Phi) is 3.57. The molecule has 0 aliphatic heterocycles. The second-order valence-corrected chi connectivity index (χ2v) is 5.33. The maximum absolute atomic E-state index is 13.2. The summed E-state index contributed by atoms with van der Waals surface area (Å²) in [6.07, 6.45) is 2.05. The van der Waals surface area contributed by atoms with Crippen LogP contribution in [0, 0.1) is 11.7 Å². The second kappa shape index (κ2) is 4.96. The van der Waals surface area contributed by atoms with Crippen LogP contribution in [0.2, 0.25) is 0 Å². The van der Waals surface area contributed by atoms with E-state index >= 15 is 0 Å². The largest absolute Gasteiger partial charge is 0.468 e. The lowest BCUT2D eigenvalue weighted by Gasteiger charge is -2.13. The van der Waals surface area contributed by atoms with Gasteiger partial charge in [0.2, 0.25) is 0 Å². The summed E-state index contributed by atoms with van der Waals surface area (Å²) in [6, 6.07) is 4.32. The van der Waals surface area contributed by atoms with E-state index in [4.69, 9.17) is 10.5 Å². The van der Waals surface area contributed by atoms with Crippen LogP contribution in [0.15, 0.2) is 23.1 Å². The third-order valence-electron chi connectivity index (χ3n) is 2.64. The second-order valence-electron chi connectivity index (χ2n) is 4.12. The van der Waals surface area contributed by atoms with Gasteiger partial charge in [0.15, 0.2) is 0 Å². The third-order valence-corrected chi connectivity index (χ3v) is 3.98. The van der Waals surface area contributed by atoms with Gasteiger partial charge in [0.25, 0.3) is 0 Å². The van der Waals surface area contributed by atoms with Crippen LogP contribution in [0.5, 0.6) is 0 Å². The predicted molar refractivity (Wildman–Crippen MR) is 65.2 cm³/mol. The summed E-state index contributed by atoms with van der Waals surface area (Å²) in [4.78, 5) is 12.3. The zero-order valence-corrected chi connectivity index (χ0v) is 10.3. The Morgan fingerprint density at radius 1 is 1.53 bits per heavy atom. The number of thioether (sulfide) groups is 1. The molecule has 2 rings (SSSR count). The fourth-order valence-corrected chi connectivity index (χ4v) is 2.99. The van der Waals surface area contributed by atoms with Crippen molar-refractivity contribution < 1.29 is 13.9 Å². The van der Waals surface area contributed by atoms with E-state index in [1.54, 1.807) is 6.07 Å². The fourth-order valence-electron chi connectivity index (χ4n) is 1.65. The summed E-state index contributed by atoms with van der Waals surface area (Å²) >= 11 is 1.33. The molecule has 17 heavy (non-hydrogen) atoms. The van der Waals surface area contributed by atoms with Gasteiger partial charge in [0.1, 0.15) is 11.1 Å². The van der Waals surface area contributed by atoms with E-state index in [0.717, 1.165) is 12.8 Å². The molecule has 1 fully saturated rings. The molecule has 1 atom stereocenters. The average molecular weight is 255 g/mol. The van der Waals surface area contributed by atoms with Crippen molar-refractivity contribution in [3.05, 3.63) is 24.0 Å². The van der Waals surface area contributed by atoms with Crippen molar-refractivity contribution in [2.75, 3.05) is 12.8 Å². The minimum Gasteiger partial charge on any atom is -0.468 e. The molecule has 1 aromatic carbocycles. The zero-order valence-electron chi connectivity index (χ0n) is 9.48. The van der Waals surface area contributed by atoms with Crippen molar-refractivity contribution in [1.29, 1.82) is 0 Å². The highest BCUT2D eigenvalue weighted by atomic mass is 32.2. The number of benzene rings is 1. The van der Waals surface area contributed by atoms with Crippen LogP contribution in [-0.2, 0) is 9.53 Å². The predicted octanol–water partition coefficient (Wildman–Crippen LogP) is 2.45. The molecular formula is C12H14FNO2S. The van der Waals surface area contributed by atoms with Crippen LogP contribution in [0.1, 0.15) is 12.8 Å². The summed E-state index contributed by atoms with van der Waals surface area (Å²) in [7, 11) is 1.37. The Balaban J connectivity index is 2.14. The quantitative estimate of drug-likeness (QED) is 0.510. The van der Waals surface area contributed by atoms with Gasteiger partial charge in [-0.25, -0.2) is 4.39 Å². The molecule has 0 radical (unpaired) electrons. The Bertz CT molecular complexity index is 414. The van der Waals surface area contributed by atoms with Crippen molar-refractivity contribution in [2.45, 2.75) is 23.0 Å². The lowest BCUT2D eigenvalue weighted by molar-refractivity contribution is -0.140. The summed E-state index contributed by atoms with van der Waals surface area (Å²) in [6.45, 7) is 0. The molecule has 0 saturated heterocycles. The Morgan fingerprint density at radius 3 is 2.76 bits per heavy atom. The molecule has 3 nitrogen and oxygen atoms in total. The first-order valence-corrected chi connectivity index (χ1v) is 6.28. The van der Waals surface area contributed by atoms with Gasteiger partial charge in [-0.2, -0.15) is 0 Å². The van der Waals surface area contributed by atoms with Crippen molar-refractivity contribution in [1.82, 2.24) is 0 Å². The smallest absolute Gasteiger partial charge is 0.319 e. The van der Waals surface area contributed by atoms with E-state index in [0.29, 0.717) is 16.5 Å². The highest BCUT2D eigenvalue weighted by Crippen LogP contribution is 2.42. The van der Waals surface area contributed by atoms with E-state index in [9.17, 15) is 9.18 Å². The van der Waals surface area contributed by atoms with Gasteiger partial charge in [-0.15, -0.1) is 11.8 Å². The topological polar surface area (TPSA) is 52.3 Å². The number of hydrogen-bond acceptors (Lipinski definition) is 4. The first-order valence-electron chi connectivity index (χ1n) is 5.40. The highest BCUT2D eigenvalue weighted by Gasteiger charge is 2.37. The number of methoxy groups -OCH3 is 1. The molecule has 5 heteroatoms. The Hall–Kier alpha value is -1.23. The van der Waals surface area contributed by atoms with Crippen LogP contribution >= 0.6 is 11.8 Å². The molecule has 1 aliphatic rings. The molecule has 1 saturated carbocycles. The average Bonchev–Trinajstić information content (AvgIpc) is 3.07. The molecule has 2 N–H and O–H groups in total. The lowest BCUT2D eigenvalue weighted by Crippen LogP contribution is -2.20. The number of anilines is 1. The van der Waals surface area contributed by atoms with Crippen LogP contribution in [0.3, 0.4) is 0 Å². The first kappa shape index (κ1) is 12.2. The van der Waals surface area contributed by atoms with Gasteiger partial charge in [0.05, 0.1) is 7.11 Å². The number of nitrogens with two attached hydrogens (primary N) is 1. The maximum atomic E-state index is 13.2. The maximum Gasteiger partial charge on any atom is 0.319 e. The van der Waals surface area contributed by atoms with Crippen LogP contribution in [0.4, 0.5) is 10.1 Å². The molecule has 1 aliphatic carbocycles. The standard InChI is InChI=1S/C12H14FNO2S/c1-16-12(15)11(7-2-3-7)17-10-5-8(13)4-9(14)6-10/h4-7,11H,2-3,14H2,1H3. The normalized spacial score (nSPS) is 16.6. The van der Waals surface area contributed by atoms with Gasteiger partial charge >= 0.3 is 5.97 Å². The number of halogens is 1. The van der Waals surface area contributed by atoms with Gasteiger partial charge < -0.3 is 10.5 Å². The summed E-state index contributed by atoms with van der Waals surface area (Å²) in [5, 5.41) is -0.249. The van der Waals surface area contributed by atoms with E-state index < -0.39 is 0 Å². The van der Waals surface area contributed by atoms with Crippen LogP contribution < -0.4 is 5.73 Å². The molecule has 0 aromatic heterocycles. The number of hydrogen-bond donors (Lipinski definition) is 1. The number of rotatable bonds is 4. The molecule has 0 spiro atoms. The highest BCUT2D eigenvalue weighted by molar-refractivity contribution is 8.00. The Morgan fingerprint density at radius 2 is 2.24 bits per heavy atom. The fraction of sp³-hybridized carbons (Fsp3) is 0.417. The molecule has 0 heterocycles. The van der Waals surface area contributed by atoms with Crippen molar-refractivity contribution >= 4 is 23.4 Å². The van der Waals surface area contributed by atoms with Crippen molar-refractivity contribution in [3.8, 4) is 0 Å². The minimum absolute atomic E-state index is 0.249. The van der Waals surface area contributed by atoms with Gasteiger partial charge in [-0.1, -0.05) is 0 Å². The van der Waals surface area contributed by atoms with Crippen LogP contribution in [0.25, 0.3) is 0 Å². The number of carbonyl (C=O) groups excluding carboxylic acids is 1. The van der Waals surface area contributed by atoms with Crippen molar-refractivity contribution in [2.24, 2.45) is 5.92 Å². The minimum atomic E-state index is -0.382. The SMILES string of the molecule is COC(=O)C(Sc1cc(N)cc(F)c1)C1CC1. The van der Waals surface area contributed by atoms with Gasteiger partial charge in [-0.05, 0) is 37.0 Å². The zero-order chi connectivity index (χ0) is 12.4. The summed E-state index contributed by atoms with van der Waals surface area (Å²) in [5.74, 6) is -0.288. The van der Waals surface area contributed by atoms with Crippen LogP contribution in [-0.4, -0.2) is 18.3 Å². The Labute approximate surface area is 104 Å².